The first-order chi connectivity index (χ1) is 11.6. The number of hydrogen-bond acceptors (Lipinski definition) is 4. The second-order valence-corrected chi connectivity index (χ2v) is 9.40. The highest BCUT2D eigenvalue weighted by atomic mass is 28.2. The van der Waals surface area contributed by atoms with Gasteiger partial charge in [-0.25, -0.2) is 0 Å². The molecule has 0 aromatic rings. The molecule has 6 heteroatoms. The van der Waals surface area contributed by atoms with E-state index in [2.05, 4.69) is 27.7 Å². The molecule has 24 heavy (non-hydrogen) atoms. The fourth-order valence-electron chi connectivity index (χ4n) is 2.94. The predicted molar refractivity (Wildman–Crippen MR) is 105 cm³/mol. The van der Waals surface area contributed by atoms with Gasteiger partial charge < -0.3 is 8.85 Å². The normalized spacial score (nSPS) is 12.1. The SMILES string of the molecule is CCCC(CCC)C(=O)O[SiH2]CC[SiH2]OC(=O)C(CCC)CCC. The monoisotopic (exact) mass is 374 g/mol. The van der Waals surface area contributed by atoms with E-state index in [1.807, 2.05) is 0 Å². The van der Waals surface area contributed by atoms with Gasteiger partial charge >= 0.3 is 0 Å². The van der Waals surface area contributed by atoms with Crippen molar-refractivity contribution < 1.29 is 18.4 Å². The third-order valence-electron chi connectivity index (χ3n) is 4.24. The maximum absolute atomic E-state index is 12.0. The number of carbonyl (C=O) groups excluding carboxylic acids is 2. The van der Waals surface area contributed by atoms with E-state index in [4.69, 9.17) is 8.85 Å². The van der Waals surface area contributed by atoms with E-state index in [1.165, 1.54) is 0 Å². The van der Waals surface area contributed by atoms with Crippen LogP contribution >= 0.6 is 0 Å². The fraction of sp³-hybridized carbons (Fsp3) is 0.889. The minimum Gasteiger partial charge on any atom is -0.525 e. The van der Waals surface area contributed by atoms with Crippen LogP contribution in [0.15, 0.2) is 0 Å². The molecule has 0 aliphatic heterocycles. The van der Waals surface area contributed by atoms with Crippen LogP contribution in [0.5, 0.6) is 0 Å². The molecule has 0 aliphatic rings. The summed E-state index contributed by atoms with van der Waals surface area (Å²) in [5, 5.41) is 0. The van der Waals surface area contributed by atoms with Gasteiger partial charge in [-0.1, -0.05) is 53.4 Å². The van der Waals surface area contributed by atoms with Crippen LogP contribution in [0.3, 0.4) is 0 Å². The molecule has 4 nitrogen and oxygen atoms in total. The van der Waals surface area contributed by atoms with Crippen molar-refractivity contribution in [3.05, 3.63) is 0 Å². The van der Waals surface area contributed by atoms with Crippen LogP contribution in [0.25, 0.3) is 0 Å². The second-order valence-electron chi connectivity index (χ2n) is 6.59. The van der Waals surface area contributed by atoms with E-state index >= 15 is 0 Å². The van der Waals surface area contributed by atoms with Crippen LogP contribution in [0.1, 0.15) is 79.1 Å². The molecule has 0 aliphatic carbocycles. The Balaban J connectivity index is 3.85. The van der Waals surface area contributed by atoms with E-state index < -0.39 is 19.5 Å². The van der Waals surface area contributed by atoms with Gasteiger partial charge in [0.2, 0.25) is 19.5 Å². The summed E-state index contributed by atoms with van der Waals surface area (Å²) < 4.78 is 11.0. The van der Waals surface area contributed by atoms with Crippen molar-refractivity contribution in [1.29, 1.82) is 0 Å². The Labute approximate surface area is 153 Å². The molecule has 0 saturated heterocycles. The minimum absolute atomic E-state index is 0.00924. The summed E-state index contributed by atoms with van der Waals surface area (Å²) in [5.74, 6) is 0.197. The Kier molecular flexibility index (Phi) is 15.5. The van der Waals surface area contributed by atoms with Gasteiger partial charge in [0.25, 0.3) is 11.9 Å². The quantitative estimate of drug-likeness (QED) is 0.325. The summed E-state index contributed by atoms with van der Waals surface area (Å²) in [7, 11) is -1.60. The third-order valence-corrected chi connectivity index (χ3v) is 7.80. The molecule has 142 valence electrons. The molecule has 0 N–H and O–H groups in total. The van der Waals surface area contributed by atoms with Gasteiger partial charge in [0.1, 0.15) is 0 Å². The molecule has 0 amide bonds. The van der Waals surface area contributed by atoms with Crippen molar-refractivity contribution in [3.8, 4) is 0 Å². The number of rotatable bonds is 15. The Morgan fingerprint density at radius 2 is 0.958 bits per heavy atom. The molecule has 0 saturated carbocycles. The number of hydrogen-bond donors (Lipinski definition) is 0. The Morgan fingerprint density at radius 3 is 1.21 bits per heavy atom. The summed E-state index contributed by atoms with van der Waals surface area (Å²) >= 11 is 0. The van der Waals surface area contributed by atoms with Gasteiger partial charge in [-0.2, -0.15) is 0 Å². The second kappa shape index (κ2) is 15.9. The van der Waals surface area contributed by atoms with Gasteiger partial charge in [-0.3, -0.25) is 9.59 Å². The lowest BCUT2D eigenvalue weighted by Gasteiger charge is -2.15. The van der Waals surface area contributed by atoms with Gasteiger partial charge in [0.05, 0.1) is 11.8 Å². The predicted octanol–water partition coefficient (Wildman–Crippen LogP) is 3.51. The van der Waals surface area contributed by atoms with E-state index in [0.717, 1.165) is 63.5 Å². The van der Waals surface area contributed by atoms with E-state index in [0.29, 0.717) is 0 Å². The zero-order valence-electron chi connectivity index (χ0n) is 16.3. The molecule has 0 fully saturated rings. The summed E-state index contributed by atoms with van der Waals surface area (Å²) in [6.45, 7) is 8.44. The summed E-state index contributed by atoms with van der Waals surface area (Å²) in [5.41, 5.74) is 0. The van der Waals surface area contributed by atoms with Crippen molar-refractivity contribution in [2.45, 2.75) is 91.1 Å². The molecule has 0 atom stereocenters. The lowest BCUT2D eigenvalue weighted by molar-refractivity contribution is -0.140. The molecule has 0 heterocycles. The number of carbonyl (C=O) groups is 2. The highest BCUT2D eigenvalue weighted by Crippen LogP contribution is 2.16. The fourth-order valence-corrected chi connectivity index (χ4v) is 5.73. The first kappa shape index (κ1) is 23.4. The molecule has 0 rings (SSSR count). The molecular formula is C18H38O4Si2. The Hall–Kier alpha value is -0.626. The average Bonchev–Trinajstić information content (AvgIpc) is 2.57. The van der Waals surface area contributed by atoms with Crippen molar-refractivity contribution in [2.75, 3.05) is 0 Å². The first-order valence-corrected chi connectivity index (χ1v) is 13.1. The maximum atomic E-state index is 12.0. The van der Waals surface area contributed by atoms with Gasteiger partial charge in [-0.05, 0) is 37.8 Å². The molecule has 0 bridgehead atoms. The van der Waals surface area contributed by atoms with Crippen LogP contribution in [-0.4, -0.2) is 31.5 Å². The summed E-state index contributed by atoms with van der Waals surface area (Å²) in [4.78, 5) is 24.1. The van der Waals surface area contributed by atoms with E-state index in [9.17, 15) is 9.59 Å². The zero-order chi connectivity index (χ0) is 18.2. The maximum Gasteiger partial charge on any atom is 0.295 e. The highest BCUT2D eigenvalue weighted by Gasteiger charge is 2.19. The average molecular weight is 375 g/mol. The van der Waals surface area contributed by atoms with E-state index in [1.54, 1.807) is 0 Å². The first-order valence-electron chi connectivity index (χ1n) is 9.93. The van der Waals surface area contributed by atoms with Gasteiger partial charge in [0, 0.05) is 0 Å². The largest absolute Gasteiger partial charge is 0.525 e. The van der Waals surface area contributed by atoms with Crippen molar-refractivity contribution >= 4 is 31.5 Å². The van der Waals surface area contributed by atoms with Crippen LogP contribution in [-0.2, 0) is 18.4 Å². The van der Waals surface area contributed by atoms with E-state index in [-0.39, 0.29) is 23.8 Å². The summed E-state index contributed by atoms with van der Waals surface area (Å²) in [6.07, 6.45) is 7.85. The Morgan fingerprint density at radius 1 is 0.667 bits per heavy atom. The van der Waals surface area contributed by atoms with Crippen LogP contribution in [0, 0.1) is 11.8 Å². The smallest absolute Gasteiger partial charge is 0.295 e. The molecule has 0 radical (unpaired) electrons. The standard InChI is InChI=1S/C18H38O4Si2/c1-5-9-15(10-6-2)17(19)21-23-13-14-24-22-18(20)16(11-7-3)12-8-4/h15-16H,5-14,23-24H2,1-4H3. The highest BCUT2D eigenvalue weighted by molar-refractivity contribution is 6.37. The molecule has 0 aromatic carbocycles. The van der Waals surface area contributed by atoms with Gasteiger partial charge in [-0.15, -0.1) is 0 Å². The van der Waals surface area contributed by atoms with Crippen molar-refractivity contribution in [3.63, 3.8) is 0 Å². The van der Waals surface area contributed by atoms with Crippen LogP contribution in [0.4, 0.5) is 0 Å². The van der Waals surface area contributed by atoms with Crippen molar-refractivity contribution in [1.82, 2.24) is 0 Å². The van der Waals surface area contributed by atoms with Crippen LogP contribution < -0.4 is 0 Å². The summed E-state index contributed by atoms with van der Waals surface area (Å²) in [6, 6.07) is 1.89. The minimum atomic E-state index is -0.802. The molecular weight excluding hydrogens is 336 g/mol. The molecule has 0 unspecified atom stereocenters. The third kappa shape index (κ3) is 11.0. The lowest BCUT2D eigenvalue weighted by Crippen LogP contribution is -2.21. The van der Waals surface area contributed by atoms with Crippen molar-refractivity contribution in [2.24, 2.45) is 11.8 Å². The zero-order valence-corrected chi connectivity index (χ0v) is 19.1. The van der Waals surface area contributed by atoms with Gasteiger partial charge in [0.15, 0.2) is 0 Å². The lowest BCUT2D eigenvalue weighted by atomic mass is 9.99. The molecule has 0 aromatic heterocycles. The molecule has 0 spiro atoms. The van der Waals surface area contributed by atoms with Crippen LogP contribution in [0.2, 0.25) is 12.1 Å². The Bertz CT molecular complexity index is 293. The topological polar surface area (TPSA) is 52.6 Å².